The van der Waals surface area contributed by atoms with Crippen molar-refractivity contribution < 1.29 is 4.79 Å². The molecule has 1 fully saturated rings. The minimum Gasteiger partial charge on any atom is -0.341 e. The Balaban J connectivity index is 1.26. The highest BCUT2D eigenvalue weighted by atomic mass is 35.5. The molecule has 37 heavy (non-hydrogen) atoms. The molecule has 1 atom stereocenters. The maximum absolute atomic E-state index is 13.2. The number of fused-ring (bicyclic) bond motifs is 2. The summed E-state index contributed by atoms with van der Waals surface area (Å²) in [7, 11) is 1.90. The number of likely N-dealkylation sites (N-methyl/N-ethyl adjacent to an activating group) is 1. The Hall–Kier alpha value is -2.33. The van der Waals surface area contributed by atoms with Gasteiger partial charge in [0.05, 0.1) is 10.0 Å². The van der Waals surface area contributed by atoms with Crippen LogP contribution in [-0.2, 0) is 11.8 Å². The van der Waals surface area contributed by atoms with Crippen LogP contribution in [0.15, 0.2) is 66.7 Å². The second-order valence-electron chi connectivity index (χ2n) is 11.0. The molecule has 1 amide bonds. The monoisotopic (exact) mass is 534 g/mol. The molecule has 194 valence electrons. The van der Waals surface area contributed by atoms with Crippen LogP contribution in [-0.4, -0.2) is 48.9 Å². The number of hydrogen-bond acceptors (Lipinski definition) is 2. The van der Waals surface area contributed by atoms with Crippen LogP contribution in [0.25, 0.3) is 0 Å². The molecular formula is C32H36Cl2N2O. The number of piperidine rings is 1. The minimum absolute atomic E-state index is 0.0496. The van der Waals surface area contributed by atoms with Crippen LogP contribution in [0.4, 0.5) is 0 Å². The molecular weight excluding hydrogens is 499 g/mol. The average Bonchev–Trinajstić information content (AvgIpc) is 3.26. The third-order valence-corrected chi connectivity index (χ3v) is 9.33. The summed E-state index contributed by atoms with van der Waals surface area (Å²) in [4.78, 5) is 17.7. The van der Waals surface area contributed by atoms with Gasteiger partial charge in [0.15, 0.2) is 0 Å². The van der Waals surface area contributed by atoms with Gasteiger partial charge in [-0.25, -0.2) is 0 Å². The fourth-order valence-corrected chi connectivity index (χ4v) is 6.67. The molecule has 0 N–H and O–H groups in total. The zero-order valence-electron chi connectivity index (χ0n) is 21.9. The van der Waals surface area contributed by atoms with Gasteiger partial charge >= 0.3 is 0 Å². The highest BCUT2D eigenvalue weighted by Crippen LogP contribution is 2.46. The van der Waals surface area contributed by atoms with Crippen LogP contribution < -0.4 is 0 Å². The number of halogens is 2. The SMILES string of the molecule is Cc1cccc(C(=O)N(C)C[C@@H](CCN2CCC3(CCc4ccccc43)CC2)c2ccc(Cl)c(Cl)c2)c1. The van der Waals surface area contributed by atoms with E-state index in [9.17, 15) is 4.79 Å². The molecule has 0 saturated carbocycles. The molecule has 0 bridgehead atoms. The van der Waals surface area contributed by atoms with Gasteiger partial charge in [-0.3, -0.25) is 4.79 Å². The number of carbonyl (C=O) groups excluding carboxylic acids is 1. The molecule has 3 aromatic carbocycles. The van der Waals surface area contributed by atoms with Crippen molar-refractivity contribution in [2.75, 3.05) is 33.2 Å². The summed E-state index contributed by atoms with van der Waals surface area (Å²) in [5.41, 5.74) is 6.48. The smallest absolute Gasteiger partial charge is 0.253 e. The third-order valence-electron chi connectivity index (χ3n) is 8.59. The van der Waals surface area contributed by atoms with E-state index in [1.807, 2.05) is 55.3 Å². The largest absolute Gasteiger partial charge is 0.341 e. The lowest BCUT2D eigenvalue weighted by Gasteiger charge is -2.40. The van der Waals surface area contributed by atoms with Crippen LogP contribution in [0.3, 0.4) is 0 Å². The van der Waals surface area contributed by atoms with E-state index in [0.717, 1.165) is 42.7 Å². The summed E-state index contributed by atoms with van der Waals surface area (Å²) in [6, 6.07) is 22.8. The Morgan fingerprint density at radius 1 is 0.973 bits per heavy atom. The van der Waals surface area contributed by atoms with Crippen molar-refractivity contribution >= 4 is 29.1 Å². The first-order chi connectivity index (χ1) is 17.8. The van der Waals surface area contributed by atoms with E-state index in [0.29, 0.717) is 22.0 Å². The van der Waals surface area contributed by atoms with E-state index in [1.54, 1.807) is 11.1 Å². The lowest BCUT2D eigenvalue weighted by molar-refractivity contribution is 0.0780. The van der Waals surface area contributed by atoms with E-state index in [4.69, 9.17) is 23.2 Å². The van der Waals surface area contributed by atoms with Gasteiger partial charge in [-0.1, -0.05) is 71.2 Å². The normalized spacial score (nSPS) is 17.5. The molecule has 1 aliphatic heterocycles. The Morgan fingerprint density at radius 3 is 2.51 bits per heavy atom. The minimum atomic E-state index is 0.0496. The fraction of sp³-hybridized carbons (Fsp3) is 0.406. The summed E-state index contributed by atoms with van der Waals surface area (Å²) in [6.07, 6.45) is 5.93. The summed E-state index contributed by atoms with van der Waals surface area (Å²) in [5, 5.41) is 1.13. The molecule has 0 unspecified atom stereocenters. The number of carbonyl (C=O) groups is 1. The van der Waals surface area contributed by atoms with Crippen LogP contribution >= 0.6 is 23.2 Å². The number of benzene rings is 3. The first-order valence-corrected chi connectivity index (χ1v) is 14.2. The molecule has 0 radical (unpaired) electrons. The maximum Gasteiger partial charge on any atom is 0.253 e. The first-order valence-electron chi connectivity index (χ1n) is 13.4. The van der Waals surface area contributed by atoms with Crippen molar-refractivity contribution in [2.24, 2.45) is 0 Å². The number of nitrogens with zero attached hydrogens (tertiary/aromatic N) is 2. The second-order valence-corrected chi connectivity index (χ2v) is 11.8. The van der Waals surface area contributed by atoms with Crippen molar-refractivity contribution in [3.05, 3.63) is 105 Å². The van der Waals surface area contributed by atoms with Crippen LogP contribution in [0.5, 0.6) is 0 Å². The maximum atomic E-state index is 13.2. The van der Waals surface area contributed by atoms with Crippen LogP contribution in [0.2, 0.25) is 10.0 Å². The Morgan fingerprint density at radius 2 is 1.76 bits per heavy atom. The molecule has 1 saturated heterocycles. The summed E-state index contributed by atoms with van der Waals surface area (Å²) in [6.45, 7) is 5.91. The second kappa shape index (κ2) is 11.2. The quantitative estimate of drug-likeness (QED) is 0.312. The molecule has 2 aliphatic rings. The Kier molecular flexibility index (Phi) is 7.95. The molecule has 5 rings (SSSR count). The van der Waals surface area contributed by atoms with E-state index >= 15 is 0 Å². The molecule has 3 aromatic rings. The van der Waals surface area contributed by atoms with Gasteiger partial charge in [0.25, 0.3) is 5.91 Å². The van der Waals surface area contributed by atoms with Gasteiger partial charge in [-0.05, 0) is 105 Å². The molecule has 5 heteroatoms. The van der Waals surface area contributed by atoms with Gasteiger partial charge in [-0.15, -0.1) is 0 Å². The lowest BCUT2D eigenvalue weighted by atomic mass is 9.74. The summed E-state index contributed by atoms with van der Waals surface area (Å²) in [5.74, 6) is 0.227. The Labute approximate surface area is 231 Å². The third kappa shape index (κ3) is 5.74. The van der Waals surface area contributed by atoms with Crippen molar-refractivity contribution in [2.45, 2.75) is 50.4 Å². The average molecular weight is 536 g/mol. The van der Waals surface area contributed by atoms with E-state index in [-0.39, 0.29) is 11.8 Å². The lowest BCUT2D eigenvalue weighted by Crippen LogP contribution is -2.42. The van der Waals surface area contributed by atoms with Gasteiger partial charge < -0.3 is 9.80 Å². The number of amides is 1. The number of hydrogen-bond donors (Lipinski definition) is 0. The van der Waals surface area contributed by atoms with Crippen molar-refractivity contribution in [1.82, 2.24) is 9.80 Å². The highest BCUT2D eigenvalue weighted by molar-refractivity contribution is 6.42. The zero-order chi connectivity index (χ0) is 26.0. The predicted molar refractivity (Wildman–Crippen MR) is 154 cm³/mol. The van der Waals surface area contributed by atoms with E-state index in [2.05, 4.69) is 35.2 Å². The van der Waals surface area contributed by atoms with Gasteiger partial charge in [0.1, 0.15) is 0 Å². The Bertz CT molecular complexity index is 1270. The van der Waals surface area contributed by atoms with E-state index in [1.165, 1.54) is 25.7 Å². The molecule has 1 aliphatic carbocycles. The van der Waals surface area contributed by atoms with Crippen molar-refractivity contribution in [3.8, 4) is 0 Å². The fourth-order valence-electron chi connectivity index (χ4n) is 6.37. The molecule has 0 aromatic heterocycles. The highest BCUT2D eigenvalue weighted by Gasteiger charge is 2.40. The van der Waals surface area contributed by atoms with Crippen molar-refractivity contribution in [1.29, 1.82) is 0 Å². The number of likely N-dealkylation sites (tertiary alicyclic amines) is 1. The molecule has 1 heterocycles. The standard InChI is InChI=1S/C32H36Cl2N2O/c1-23-6-5-8-26(20-23)31(37)35(2)22-27(25-10-11-29(33)30(34)21-25)13-17-36-18-15-32(16-19-36)14-12-24-7-3-4-9-28(24)32/h3-11,20-21,27H,12-19,22H2,1-2H3/t27-/m1/s1. The number of aryl methyl sites for hydroxylation is 2. The van der Waals surface area contributed by atoms with Gasteiger partial charge in [0, 0.05) is 25.1 Å². The predicted octanol–water partition coefficient (Wildman–Crippen LogP) is 7.53. The number of rotatable bonds is 7. The zero-order valence-corrected chi connectivity index (χ0v) is 23.4. The van der Waals surface area contributed by atoms with Gasteiger partial charge in [-0.2, -0.15) is 0 Å². The van der Waals surface area contributed by atoms with Crippen LogP contribution in [0, 0.1) is 6.92 Å². The topological polar surface area (TPSA) is 23.6 Å². The van der Waals surface area contributed by atoms with Gasteiger partial charge in [0.2, 0.25) is 0 Å². The molecule has 3 nitrogen and oxygen atoms in total. The summed E-state index contributed by atoms with van der Waals surface area (Å²) < 4.78 is 0. The van der Waals surface area contributed by atoms with Crippen molar-refractivity contribution in [3.63, 3.8) is 0 Å². The van der Waals surface area contributed by atoms with E-state index < -0.39 is 0 Å². The molecule has 1 spiro atoms. The first kappa shape index (κ1) is 26.3. The summed E-state index contributed by atoms with van der Waals surface area (Å²) >= 11 is 12.6. The van der Waals surface area contributed by atoms with Crippen LogP contribution in [0.1, 0.15) is 64.2 Å².